The third kappa shape index (κ3) is 3.68. The number of hydrogen-bond acceptors (Lipinski definition) is 3. The van der Waals surface area contributed by atoms with Gasteiger partial charge in [-0.2, -0.15) is 0 Å². The molecule has 5 heteroatoms. The number of para-hydroxylation sites is 1. The summed E-state index contributed by atoms with van der Waals surface area (Å²) in [6.07, 6.45) is 4.02. The Hall–Kier alpha value is -2.14. The molecule has 1 aromatic carbocycles. The van der Waals surface area contributed by atoms with E-state index in [-0.39, 0.29) is 5.91 Å². The van der Waals surface area contributed by atoms with Gasteiger partial charge in [-0.25, -0.2) is 4.98 Å². The zero-order valence-electron chi connectivity index (χ0n) is 11.6. The zero-order valence-corrected chi connectivity index (χ0v) is 11.6. The van der Waals surface area contributed by atoms with Crippen LogP contribution in [0, 0.1) is 0 Å². The number of rotatable bonds is 7. The minimum absolute atomic E-state index is 0.122. The Morgan fingerprint density at radius 1 is 1.35 bits per heavy atom. The number of nitrogens with zero attached hydrogens (tertiary/aromatic N) is 2. The topological polar surface area (TPSA) is 56.1 Å². The quantitative estimate of drug-likeness (QED) is 0.785. The number of nitrogens with one attached hydrogen (secondary N) is 1. The van der Waals surface area contributed by atoms with Crippen LogP contribution >= 0.6 is 0 Å². The van der Waals surface area contributed by atoms with Crippen LogP contribution in [0.25, 0.3) is 5.69 Å². The Morgan fingerprint density at radius 2 is 2.15 bits per heavy atom. The lowest BCUT2D eigenvalue weighted by atomic mass is 10.3. The molecule has 0 aliphatic heterocycles. The first-order valence-corrected chi connectivity index (χ1v) is 6.76. The Morgan fingerprint density at radius 3 is 2.90 bits per heavy atom. The van der Waals surface area contributed by atoms with E-state index in [1.54, 1.807) is 17.1 Å². The summed E-state index contributed by atoms with van der Waals surface area (Å²) in [6.45, 7) is 3.92. The van der Waals surface area contributed by atoms with Gasteiger partial charge in [0.2, 0.25) is 0 Å². The highest BCUT2D eigenvalue weighted by Crippen LogP contribution is 2.10. The van der Waals surface area contributed by atoms with E-state index in [9.17, 15) is 4.79 Å². The fraction of sp³-hybridized carbons (Fsp3) is 0.333. The molecular formula is C15H19N3O2. The summed E-state index contributed by atoms with van der Waals surface area (Å²) in [4.78, 5) is 16.2. The van der Waals surface area contributed by atoms with Gasteiger partial charge in [-0.1, -0.05) is 18.2 Å². The van der Waals surface area contributed by atoms with Gasteiger partial charge in [0.25, 0.3) is 5.91 Å². The van der Waals surface area contributed by atoms with Crippen LogP contribution in [0.5, 0.6) is 0 Å². The number of amides is 1. The molecule has 0 aliphatic carbocycles. The van der Waals surface area contributed by atoms with Gasteiger partial charge in [0.1, 0.15) is 5.69 Å². The summed E-state index contributed by atoms with van der Waals surface area (Å²) in [6, 6.07) is 9.67. The number of carbonyl (C=O) groups excluding carboxylic acids is 1. The lowest BCUT2D eigenvalue weighted by molar-refractivity contribution is 0.0937. The van der Waals surface area contributed by atoms with Crippen molar-refractivity contribution in [3.05, 3.63) is 48.5 Å². The molecule has 1 heterocycles. The molecule has 0 radical (unpaired) electrons. The summed E-state index contributed by atoms with van der Waals surface area (Å²) in [5.74, 6) is -0.122. The third-order valence-corrected chi connectivity index (χ3v) is 2.86. The molecule has 0 saturated carbocycles. The fourth-order valence-corrected chi connectivity index (χ4v) is 1.87. The predicted molar refractivity (Wildman–Crippen MR) is 77.0 cm³/mol. The molecule has 0 unspecified atom stereocenters. The van der Waals surface area contributed by atoms with Gasteiger partial charge in [-0.15, -0.1) is 0 Å². The second-order valence-electron chi connectivity index (χ2n) is 4.29. The lowest BCUT2D eigenvalue weighted by Gasteiger charge is -2.08. The van der Waals surface area contributed by atoms with Crippen LogP contribution in [0.15, 0.2) is 42.9 Å². The molecule has 5 nitrogen and oxygen atoms in total. The average Bonchev–Trinajstić information content (AvgIpc) is 2.97. The Labute approximate surface area is 118 Å². The van der Waals surface area contributed by atoms with Crippen LogP contribution in [-0.2, 0) is 4.74 Å². The third-order valence-electron chi connectivity index (χ3n) is 2.86. The van der Waals surface area contributed by atoms with E-state index in [4.69, 9.17) is 4.74 Å². The molecule has 2 aromatic rings. The lowest BCUT2D eigenvalue weighted by Crippen LogP contribution is -2.27. The minimum atomic E-state index is -0.122. The summed E-state index contributed by atoms with van der Waals surface area (Å²) >= 11 is 0. The highest BCUT2D eigenvalue weighted by Gasteiger charge is 2.12. The van der Waals surface area contributed by atoms with Crippen molar-refractivity contribution in [3.8, 4) is 5.69 Å². The molecule has 0 aliphatic rings. The first-order chi connectivity index (χ1) is 9.83. The second-order valence-corrected chi connectivity index (χ2v) is 4.29. The van der Waals surface area contributed by atoms with Crippen molar-refractivity contribution >= 4 is 5.91 Å². The van der Waals surface area contributed by atoms with Crippen molar-refractivity contribution in [2.24, 2.45) is 0 Å². The van der Waals surface area contributed by atoms with Crippen molar-refractivity contribution < 1.29 is 9.53 Å². The Bertz CT molecular complexity index is 537. The average molecular weight is 273 g/mol. The maximum absolute atomic E-state index is 12.1. The molecule has 20 heavy (non-hydrogen) atoms. The number of carbonyl (C=O) groups is 1. The Kier molecular flexibility index (Phi) is 5.32. The van der Waals surface area contributed by atoms with E-state index in [2.05, 4.69) is 10.3 Å². The molecule has 1 amide bonds. The fourth-order valence-electron chi connectivity index (χ4n) is 1.87. The number of hydrogen-bond donors (Lipinski definition) is 1. The number of aromatic nitrogens is 2. The van der Waals surface area contributed by atoms with Crippen molar-refractivity contribution in [2.75, 3.05) is 19.8 Å². The van der Waals surface area contributed by atoms with Crippen LogP contribution in [-0.4, -0.2) is 35.2 Å². The molecule has 2 rings (SSSR count). The van der Waals surface area contributed by atoms with Crippen LogP contribution in [0.3, 0.4) is 0 Å². The molecule has 106 valence electrons. The van der Waals surface area contributed by atoms with Gasteiger partial charge in [0, 0.05) is 25.4 Å². The number of imidazole rings is 1. The van der Waals surface area contributed by atoms with Crippen LogP contribution in [0.1, 0.15) is 23.8 Å². The second kappa shape index (κ2) is 7.45. The highest BCUT2D eigenvalue weighted by atomic mass is 16.5. The van der Waals surface area contributed by atoms with Gasteiger partial charge in [-0.3, -0.25) is 9.36 Å². The maximum Gasteiger partial charge on any atom is 0.269 e. The first kappa shape index (κ1) is 14.3. The standard InChI is InChI=1S/C15H19N3O2/c1-2-20-10-6-9-17-15(19)14-11-16-12-18(14)13-7-4-3-5-8-13/h3-5,7-8,11-12H,2,6,9-10H2,1H3,(H,17,19). The smallest absolute Gasteiger partial charge is 0.269 e. The molecule has 0 bridgehead atoms. The van der Waals surface area contributed by atoms with E-state index >= 15 is 0 Å². The van der Waals surface area contributed by atoms with Gasteiger partial charge >= 0.3 is 0 Å². The molecule has 1 N–H and O–H groups in total. The van der Waals surface area contributed by atoms with Crippen LogP contribution in [0.2, 0.25) is 0 Å². The summed E-state index contributed by atoms with van der Waals surface area (Å²) in [5, 5.41) is 2.87. The monoisotopic (exact) mass is 273 g/mol. The van der Waals surface area contributed by atoms with E-state index in [1.807, 2.05) is 37.3 Å². The van der Waals surface area contributed by atoms with Gasteiger partial charge in [0.05, 0.1) is 12.5 Å². The summed E-state index contributed by atoms with van der Waals surface area (Å²) in [5.41, 5.74) is 1.46. The van der Waals surface area contributed by atoms with Gasteiger partial charge in [-0.05, 0) is 25.5 Å². The van der Waals surface area contributed by atoms with Crippen molar-refractivity contribution in [1.29, 1.82) is 0 Å². The van der Waals surface area contributed by atoms with E-state index in [1.165, 1.54) is 0 Å². The molecule has 0 atom stereocenters. The molecule has 0 saturated heterocycles. The predicted octanol–water partition coefficient (Wildman–Crippen LogP) is 2.03. The summed E-state index contributed by atoms with van der Waals surface area (Å²) < 4.78 is 7.01. The molecule has 1 aromatic heterocycles. The van der Waals surface area contributed by atoms with Crippen LogP contribution in [0.4, 0.5) is 0 Å². The van der Waals surface area contributed by atoms with Crippen LogP contribution < -0.4 is 5.32 Å². The maximum atomic E-state index is 12.1. The molecular weight excluding hydrogens is 254 g/mol. The Balaban J connectivity index is 1.96. The van der Waals surface area contributed by atoms with Crippen molar-refractivity contribution in [2.45, 2.75) is 13.3 Å². The summed E-state index contributed by atoms with van der Waals surface area (Å²) in [7, 11) is 0. The van der Waals surface area contributed by atoms with Crippen molar-refractivity contribution in [3.63, 3.8) is 0 Å². The SMILES string of the molecule is CCOCCCNC(=O)c1cncn1-c1ccccc1. The number of benzene rings is 1. The van der Waals surface area contributed by atoms with E-state index in [0.29, 0.717) is 25.5 Å². The van der Waals surface area contributed by atoms with E-state index in [0.717, 1.165) is 12.1 Å². The molecule has 0 spiro atoms. The van der Waals surface area contributed by atoms with Gasteiger partial charge < -0.3 is 10.1 Å². The number of ether oxygens (including phenoxy) is 1. The normalized spacial score (nSPS) is 10.4. The van der Waals surface area contributed by atoms with Gasteiger partial charge in [0.15, 0.2) is 0 Å². The van der Waals surface area contributed by atoms with Crippen molar-refractivity contribution in [1.82, 2.24) is 14.9 Å². The molecule has 0 fully saturated rings. The highest BCUT2D eigenvalue weighted by molar-refractivity contribution is 5.92. The minimum Gasteiger partial charge on any atom is -0.382 e. The largest absolute Gasteiger partial charge is 0.382 e. The first-order valence-electron chi connectivity index (χ1n) is 6.76. The zero-order chi connectivity index (χ0) is 14.2. The van der Waals surface area contributed by atoms with E-state index < -0.39 is 0 Å².